The van der Waals surface area contributed by atoms with Crippen molar-refractivity contribution in [2.75, 3.05) is 19.7 Å². The summed E-state index contributed by atoms with van der Waals surface area (Å²) < 4.78 is 4.84. The highest BCUT2D eigenvalue weighted by atomic mass is 16.5. The van der Waals surface area contributed by atoms with Crippen LogP contribution in [0.25, 0.3) is 0 Å². The smallest absolute Gasteiger partial charge is 0.310 e. The van der Waals surface area contributed by atoms with Crippen LogP contribution in [0.2, 0.25) is 0 Å². The number of nitrogens with zero attached hydrogens (tertiary/aromatic N) is 2. The lowest BCUT2D eigenvalue weighted by Crippen LogP contribution is -2.21. The van der Waals surface area contributed by atoms with Gasteiger partial charge in [-0.3, -0.25) is 4.79 Å². The van der Waals surface area contributed by atoms with Crippen molar-refractivity contribution in [2.24, 2.45) is 5.92 Å². The first-order valence-electron chi connectivity index (χ1n) is 4.09. The molecule has 1 fully saturated rings. The van der Waals surface area contributed by atoms with Gasteiger partial charge in [-0.05, 0) is 13.3 Å². The molecule has 12 heavy (non-hydrogen) atoms. The van der Waals surface area contributed by atoms with Gasteiger partial charge in [0.1, 0.15) is 0 Å². The lowest BCUT2D eigenvalue weighted by atomic mass is 10.1. The minimum Gasteiger partial charge on any atom is -0.466 e. The van der Waals surface area contributed by atoms with Gasteiger partial charge in [0.15, 0.2) is 6.19 Å². The van der Waals surface area contributed by atoms with E-state index in [1.54, 1.807) is 11.8 Å². The normalized spacial score (nSPS) is 22.0. The third-order valence-electron chi connectivity index (χ3n) is 1.95. The van der Waals surface area contributed by atoms with Crippen LogP contribution in [-0.2, 0) is 9.53 Å². The number of esters is 1. The summed E-state index contributed by atoms with van der Waals surface area (Å²) in [7, 11) is 0. The zero-order valence-electron chi connectivity index (χ0n) is 7.12. The summed E-state index contributed by atoms with van der Waals surface area (Å²) in [6, 6.07) is 0. The van der Waals surface area contributed by atoms with Crippen LogP contribution in [0.5, 0.6) is 0 Å². The Kier molecular flexibility index (Phi) is 2.92. The number of carbonyl (C=O) groups excluding carboxylic acids is 1. The second-order valence-corrected chi connectivity index (χ2v) is 2.78. The van der Waals surface area contributed by atoms with E-state index in [1.165, 1.54) is 0 Å². The lowest BCUT2D eigenvalue weighted by Gasteiger charge is -2.07. The molecule has 0 radical (unpaired) electrons. The van der Waals surface area contributed by atoms with Crippen molar-refractivity contribution < 1.29 is 9.53 Å². The van der Waals surface area contributed by atoms with Gasteiger partial charge in [-0.1, -0.05) is 0 Å². The largest absolute Gasteiger partial charge is 0.466 e. The van der Waals surface area contributed by atoms with Gasteiger partial charge in [0.05, 0.1) is 12.5 Å². The summed E-state index contributed by atoms with van der Waals surface area (Å²) in [5.41, 5.74) is 0. The highest BCUT2D eigenvalue weighted by molar-refractivity contribution is 5.73. The summed E-state index contributed by atoms with van der Waals surface area (Å²) in [6.07, 6.45) is 2.76. The second-order valence-electron chi connectivity index (χ2n) is 2.78. The fraction of sp³-hybridized carbons (Fsp3) is 0.750. The molecule has 4 nitrogen and oxygen atoms in total. The van der Waals surface area contributed by atoms with Crippen molar-refractivity contribution in [1.82, 2.24) is 4.90 Å². The Morgan fingerprint density at radius 1 is 1.83 bits per heavy atom. The number of carbonyl (C=O) groups is 1. The van der Waals surface area contributed by atoms with E-state index < -0.39 is 0 Å². The monoisotopic (exact) mass is 168 g/mol. The van der Waals surface area contributed by atoms with E-state index in [1.807, 2.05) is 6.19 Å². The third kappa shape index (κ3) is 1.88. The van der Waals surface area contributed by atoms with E-state index in [2.05, 4.69) is 0 Å². The van der Waals surface area contributed by atoms with Crippen LogP contribution in [0.15, 0.2) is 0 Å². The first kappa shape index (κ1) is 8.85. The molecule has 0 aromatic heterocycles. The molecule has 66 valence electrons. The molecule has 1 aliphatic heterocycles. The molecule has 1 unspecified atom stereocenters. The van der Waals surface area contributed by atoms with Gasteiger partial charge in [0.25, 0.3) is 0 Å². The van der Waals surface area contributed by atoms with Crippen LogP contribution < -0.4 is 0 Å². The van der Waals surface area contributed by atoms with Gasteiger partial charge in [0, 0.05) is 13.1 Å². The Morgan fingerprint density at radius 3 is 3.08 bits per heavy atom. The molecule has 0 N–H and O–H groups in total. The SMILES string of the molecule is CCOC(=O)C1CCN(C#N)C1. The molecule has 0 saturated carbocycles. The van der Waals surface area contributed by atoms with Crippen molar-refractivity contribution in [3.8, 4) is 6.19 Å². The molecule has 1 rings (SSSR count). The predicted octanol–water partition coefficient (Wildman–Crippen LogP) is 0.352. The van der Waals surface area contributed by atoms with Gasteiger partial charge in [-0.2, -0.15) is 5.26 Å². The van der Waals surface area contributed by atoms with E-state index in [4.69, 9.17) is 10.00 Å². The molecular weight excluding hydrogens is 156 g/mol. The molecule has 0 aromatic carbocycles. The minimum absolute atomic E-state index is 0.0930. The van der Waals surface area contributed by atoms with E-state index in [0.29, 0.717) is 19.7 Å². The molecule has 0 aliphatic carbocycles. The topological polar surface area (TPSA) is 53.3 Å². The number of hydrogen-bond acceptors (Lipinski definition) is 4. The first-order valence-corrected chi connectivity index (χ1v) is 4.09. The molecule has 4 heteroatoms. The highest BCUT2D eigenvalue weighted by Gasteiger charge is 2.28. The summed E-state index contributed by atoms with van der Waals surface area (Å²) in [4.78, 5) is 12.7. The Bertz CT molecular complexity index is 210. The average Bonchev–Trinajstić information content (AvgIpc) is 2.52. The molecule has 0 spiro atoms. The highest BCUT2D eigenvalue weighted by Crippen LogP contribution is 2.16. The minimum atomic E-state index is -0.171. The van der Waals surface area contributed by atoms with Crippen molar-refractivity contribution in [2.45, 2.75) is 13.3 Å². The van der Waals surface area contributed by atoms with Crippen LogP contribution in [0.4, 0.5) is 0 Å². The number of hydrogen-bond donors (Lipinski definition) is 0. The van der Waals surface area contributed by atoms with Crippen molar-refractivity contribution in [3.63, 3.8) is 0 Å². The van der Waals surface area contributed by atoms with Gasteiger partial charge in [-0.25, -0.2) is 0 Å². The molecular formula is C8H12N2O2. The molecule has 1 atom stereocenters. The van der Waals surface area contributed by atoms with Gasteiger partial charge in [-0.15, -0.1) is 0 Å². The first-order chi connectivity index (χ1) is 5.77. The van der Waals surface area contributed by atoms with Crippen LogP contribution in [-0.4, -0.2) is 30.6 Å². The van der Waals surface area contributed by atoms with Crippen molar-refractivity contribution in [3.05, 3.63) is 0 Å². The molecule has 1 aliphatic rings. The molecule has 1 heterocycles. The number of rotatable bonds is 2. The standard InChI is InChI=1S/C8H12N2O2/c1-2-12-8(11)7-3-4-10(5-7)6-9/h7H,2-5H2,1H3. The van der Waals surface area contributed by atoms with E-state index >= 15 is 0 Å². The van der Waals surface area contributed by atoms with E-state index in [-0.39, 0.29) is 11.9 Å². The maximum Gasteiger partial charge on any atom is 0.310 e. The molecule has 1 saturated heterocycles. The van der Waals surface area contributed by atoms with Crippen LogP contribution in [0.3, 0.4) is 0 Å². The van der Waals surface area contributed by atoms with Crippen LogP contribution in [0, 0.1) is 17.4 Å². The second kappa shape index (κ2) is 3.96. The Hall–Kier alpha value is -1.24. The number of likely N-dealkylation sites (tertiary alicyclic amines) is 1. The molecule has 0 bridgehead atoms. The van der Waals surface area contributed by atoms with Gasteiger partial charge in [0.2, 0.25) is 0 Å². The third-order valence-corrected chi connectivity index (χ3v) is 1.95. The number of ether oxygens (including phenoxy) is 1. The Morgan fingerprint density at radius 2 is 2.58 bits per heavy atom. The van der Waals surface area contributed by atoms with Crippen molar-refractivity contribution >= 4 is 5.97 Å². The lowest BCUT2D eigenvalue weighted by molar-refractivity contribution is -0.147. The van der Waals surface area contributed by atoms with E-state index in [0.717, 1.165) is 6.42 Å². The maximum atomic E-state index is 11.1. The average molecular weight is 168 g/mol. The maximum absolute atomic E-state index is 11.1. The molecule has 0 aromatic rings. The molecule has 0 amide bonds. The van der Waals surface area contributed by atoms with E-state index in [9.17, 15) is 4.79 Å². The zero-order chi connectivity index (χ0) is 8.97. The fourth-order valence-electron chi connectivity index (χ4n) is 1.30. The number of nitriles is 1. The fourth-order valence-corrected chi connectivity index (χ4v) is 1.30. The van der Waals surface area contributed by atoms with Crippen LogP contribution >= 0.6 is 0 Å². The Balaban J connectivity index is 2.37. The summed E-state index contributed by atoms with van der Waals surface area (Å²) >= 11 is 0. The summed E-state index contributed by atoms with van der Waals surface area (Å²) in [5, 5.41) is 8.52. The quantitative estimate of drug-likeness (QED) is 0.441. The van der Waals surface area contributed by atoms with Crippen LogP contribution in [0.1, 0.15) is 13.3 Å². The zero-order valence-corrected chi connectivity index (χ0v) is 7.12. The van der Waals surface area contributed by atoms with Crippen molar-refractivity contribution in [1.29, 1.82) is 5.26 Å². The van der Waals surface area contributed by atoms with Gasteiger partial charge < -0.3 is 9.64 Å². The summed E-state index contributed by atoms with van der Waals surface area (Å²) in [6.45, 7) is 3.41. The van der Waals surface area contributed by atoms with Gasteiger partial charge >= 0.3 is 5.97 Å². The Labute approximate surface area is 71.7 Å². The summed E-state index contributed by atoms with van der Waals surface area (Å²) in [5.74, 6) is -0.264. The predicted molar refractivity (Wildman–Crippen MR) is 41.9 cm³/mol.